The van der Waals surface area contributed by atoms with E-state index in [2.05, 4.69) is 15.7 Å². The number of nitrogens with zero attached hydrogens (tertiary/aromatic N) is 1. The molecule has 0 radical (unpaired) electrons. The number of carbonyl (C=O) groups excluding carboxylic acids is 1. The van der Waals surface area contributed by atoms with Crippen LogP contribution in [0.5, 0.6) is 0 Å². The molecule has 2 atom stereocenters. The van der Waals surface area contributed by atoms with E-state index in [-0.39, 0.29) is 19.8 Å². The van der Waals surface area contributed by atoms with Crippen molar-refractivity contribution in [3.05, 3.63) is 45.3 Å². The SMILES string of the molecule is C[C@](O)(COCCO)c1ccc([SH](=O)=NC(=O)Nc2c3c(cc4c2CCC4)CCC3)s1. The number of rotatable bonds is 7. The number of anilines is 1. The summed E-state index contributed by atoms with van der Waals surface area (Å²) in [6.45, 7) is 1.60. The maximum Gasteiger partial charge on any atom is 0.353 e. The molecule has 0 fully saturated rings. The Balaban J connectivity index is 1.50. The fraction of sp³-hybridized carbons (Fsp3) is 0.500. The van der Waals surface area contributed by atoms with Gasteiger partial charge < -0.3 is 20.3 Å². The Morgan fingerprint density at radius 3 is 2.55 bits per heavy atom. The average Bonchev–Trinajstić information content (AvgIpc) is 3.47. The number of aryl methyl sites for hydroxylation is 2. The first-order chi connectivity index (χ1) is 14.9. The van der Waals surface area contributed by atoms with Crippen LogP contribution in [0.3, 0.4) is 0 Å². The minimum Gasteiger partial charge on any atom is -0.394 e. The first-order valence-electron chi connectivity index (χ1n) is 10.6. The quantitative estimate of drug-likeness (QED) is 0.372. The minimum atomic E-state index is -2.28. The van der Waals surface area contributed by atoms with E-state index in [4.69, 9.17) is 9.84 Å². The molecule has 1 unspecified atom stereocenters. The molecule has 0 bridgehead atoms. The number of aliphatic hydroxyl groups is 2. The molecule has 1 aromatic heterocycles. The molecule has 0 spiro atoms. The molecule has 0 saturated heterocycles. The average molecular weight is 465 g/mol. The lowest BCUT2D eigenvalue weighted by Crippen LogP contribution is -2.27. The Bertz CT molecular complexity index is 1040. The number of ether oxygens (including phenoxy) is 1. The third-order valence-electron chi connectivity index (χ3n) is 5.82. The van der Waals surface area contributed by atoms with Crippen molar-refractivity contribution >= 4 is 33.7 Å². The lowest BCUT2D eigenvalue weighted by atomic mass is 9.99. The van der Waals surface area contributed by atoms with E-state index in [9.17, 15) is 14.1 Å². The molecular weight excluding hydrogens is 436 g/mol. The summed E-state index contributed by atoms with van der Waals surface area (Å²) in [4.78, 5) is 13.2. The van der Waals surface area contributed by atoms with Crippen LogP contribution in [-0.4, -0.2) is 40.3 Å². The summed E-state index contributed by atoms with van der Waals surface area (Å²) in [6.07, 6.45) is 6.16. The molecule has 0 aliphatic heterocycles. The van der Waals surface area contributed by atoms with Crippen molar-refractivity contribution in [3.8, 4) is 0 Å². The third-order valence-corrected chi connectivity index (χ3v) is 8.59. The van der Waals surface area contributed by atoms with E-state index < -0.39 is 22.2 Å². The molecule has 31 heavy (non-hydrogen) atoms. The van der Waals surface area contributed by atoms with Crippen molar-refractivity contribution in [2.75, 3.05) is 25.1 Å². The molecule has 3 N–H and O–H groups in total. The van der Waals surface area contributed by atoms with Crippen LogP contribution in [-0.2, 0) is 46.6 Å². The maximum absolute atomic E-state index is 12.7. The van der Waals surface area contributed by atoms with Gasteiger partial charge in [0.15, 0.2) is 0 Å². The molecule has 2 amide bonds. The second-order valence-electron chi connectivity index (χ2n) is 8.23. The molecule has 0 saturated carbocycles. The van der Waals surface area contributed by atoms with E-state index in [1.807, 2.05) is 0 Å². The Kier molecular flexibility index (Phi) is 6.78. The van der Waals surface area contributed by atoms with E-state index in [1.54, 1.807) is 19.1 Å². The number of thiol groups is 1. The van der Waals surface area contributed by atoms with Crippen molar-refractivity contribution in [3.63, 3.8) is 0 Å². The van der Waals surface area contributed by atoms with Crippen LogP contribution in [0.2, 0.25) is 0 Å². The van der Waals surface area contributed by atoms with Gasteiger partial charge in [-0.05, 0) is 79.8 Å². The molecule has 2 aliphatic carbocycles. The van der Waals surface area contributed by atoms with Gasteiger partial charge in [-0.2, -0.15) is 0 Å². The third kappa shape index (κ3) is 4.85. The molecule has 1 aromatic carbocycles. The summed E-state index contributed by atoms with van der Waals surface area (Å²) in [6, 6.07) is 4.98. The number of fused-ring (bicyclic) bond motifs is 2. The van der Waals surface area contributed by atoms with Gasteiger partial charge in [0.1, 0.15) is 5.60 Å². The zero-order valence-electron chi connectivity index (χ0n) is 17.5. The number of nitrogens with one attached hydrogen (secondary N) is 1. The first-order valence-corrected chi connectivity index (χ1v) is 12.6. The topological polar surface area (TPSA) is 108 Å². The van der Waals surface area contributed by atoms with Crippen LogP contribution >= 0.6 is 11.3 Å². The first kappa shape index (κ1) is 22.4. The van der Waals surface area contributed by atoms with Crippen LogP contribution < -0.4 is 5.32 Å². The van der Waals surface area contributed by atoms with E-state index >= 15 is 0 Å². The van der Waals surface area contributed by atoms with Gasteiger partial charge >= 0.3 is 6.03 Å². The van der Waals surface area contributed by atoms with Gasteiger partial charge in [-0.1, -0.05) is 6.07 Å². The highest BCUT2D eigenvalue weighted by molar-refractivity contribution is 7.78. The molecule has 168 valence electrons. The summed E-state index contributed by atoms with van der Waals surface area (Å²) in [5, 5.41) is 22.3. The fourth-order valence-corrected chi connectivity index (χ4v) is 6.38. The van der Waals surface area contributed by atoms with Crippen LogP contribution in [0.1, 0.15) is 46.9 Å². The van der Waals surface area contributed by atoms with Crippen molar-refractivity contribution in [1.82, 2.24) is 0 Å². The maximum atomic E-state index is 12.7. The van der Waals surface area contributed by atoms with Crippen LogP contribution in [0.25, 0.3) is 0 Å². The molecule has 2 aliphatic rings. The summed E-state index contributed by atoms with van der Waals surface area (Å²) < 4.78 is 22.2. The second kappa shape index (κ2) is 9.38. The van der Waals surface area contributed by atoms with Crippen molar-refractivity contribution < 1.29 is 24.0 Å². The van der Waals surface area contributed by atoms with Gasteiger partial charge in [-0.15, -0.1) is 15.7 Å². The van der Waals surface area contributed by atoms with E-state index in [0.29, 0.717) is 9.09 Å². The smallest absolute Gasteiger partial charge is 0.353 e. The number of urea groups is 1. The summed E-state index contributed by atoms with van der Waals surface area (Å²) in [7, 11) is -2.28. The number of aliphatic hydroxyl groups excluding tert-OH is 1. The molecule has 7 nitrogen and oxygen atoms in total. The number of thiophene rings is 1. The number of amides is 2. The largest absolute Gasteiger partial charge is 0.394 e. The van der Waals surface area contributed by atoms with Gasteiger partial charge in [-0.3, -0.25) is 0 Å². The van der Waals surface area contributed by atoms with Crippen molar-refractivity contribution in [2.24, 2.45) is 4.36 Å². The van der Waals surface area contributed by atoms with Crippen LogP contribution in [0.15, 0.2) is 26.8 Å². The van der Waals surface area contributed by atoms with E-state index in [0.717, 1.165) is 55.5 Å². The predicted octanol–water partition coefficient (Wildman–Crippen LogP) is 3.20. The Morgan fingerprint density at radius 2 is 1.90 bits per heavy atom. The zero-order chi connectivity index (χ0) is 22.0. The highest BCUT2D eigenvalue weighted by Crippen LogP contribution is 2.38. The Morgan fingerprint density at radius 1 is 1.23 bits per heavy atom. The standard InChI is InChI=1S/C22H28N2O5S2/c1-22(27,13-29-11-10-25)18-8-9-19(30-18)31(28)24-21(26)23-20-16-6-2-4-14(16)12-15-5-3-7-17(15)20/h8-9,12,25,27,31H,2-7,10-11,13H2,1H3,(H,23,26)/t22-/m0/s1. The number of carbonyl (C=O) groups is 1. The summed E-state index contributed by atoms with van der Waals surface area (Å²) in [5.74, 6) is 0. The van der Waals surface area contributed by atoms with Crippen molar-refractivity contribution in [1.29, 1.82) is 0 Å². The molecule has 2 aromatic rings. The van der Waals surface area contributed by atoms with Gasteiger partial charge in [0, 0.05) is 10.6 Å². The van der Waals surface area contributed by atoms with Crippen LogP contribution in [0, 0.1) is 0 Å². The minimum absolute atomic E-state index is 0.00610. The second-order valence-corrected chi connectivity index (χ2v) is 10.8. The highest BCUT2D eigenvalue weighted by atomic mass is 32.2. The van der Waals surface area contributed by atoms with Gasteiger partial charge in [-0.25, -0.2) is 9.00 Å². The lowest BCUT2D eigenvalue weighted by Gasteiger charge is -2.21. The number of hydrogen-bond donors (Lipinski definition) is 4. The highest BCUT2D eigenvalue weighted by Gasteiger charge is 2.27. The van der Waals surface area contributed by atoms with Gasteiger partial charge in [0.05, 0.1) is 34.6 Å². The fourth-order valence-electron chi connectivity index (χ4n) is 4.36. The Hall–Kier alpha value is -1.78. The van der Waals surface area contributed by atoms with Gasteiger partial charge in [0.25, 0.3) is 0 Å². The molecule has 1 heterocycles. The van der Waals surface area contributed by atoms with Crippen LogP contribution in [0.4, 0.5) is 10.5 Å². The van der Waals surface area contributed by atoms with E-state index in [1.165, 1.54) is 22.3 Å². The molecule has 9 heteroatoms. The summed E-state index contributed by atoms with van der Waals surface area (Å²) >= 11 is 1.14. The number of hydrogen-bond acceptors (Lipinski definition) is 6. The number of benzene rings is 1. The van der Waals surface area contributed by atoms with Crippen molar-refractivity contribution in [2.45, 2.75) is 55.3 Å². The lowest BCUT2D eigenvalue weighted by molar-refractivity contribution is -0.0424. The normalized spacial score (nSPS) is 17.9. The summed E-state index contributed by atoms with van der Waals surface area (Å²) in [5.41, 5.74) is 4.65. The zero-order valence-corrected chi connectivity index (χ0v) is 19.2. The van der Waals surface area contributed by atoms with Gasteiger partial charge in [0.2, 0.25) is 0 Å². The molecular formula is C22H28N2O5S2. The Labute approximate surface area is 187 Å². The molecule has 4 rings (SSSR count). The monoisotopic (exact) mass is 464 g/mol. The predicted molar refractivity (Wildman–Crippen MR) is 122 cm³/mol.